The number of hydrogen-bond donors (Lipinski definition) is 2. The molecule has 0 aliphatic rings. The highest BCUT2D eigenvalue weighted by Gasteiger charge is 2.06. The van der Waals surface area contributed by atoms with Gasteiger partial charge in [0, 0.05) is 11.4 Å². The molecule has 0 aliphatic carbocycles. The van der Waals surface area contributed by atoms with E-state index in [-0.39, 0.29) is 12.6 Å². The zero-order chi connectivity index (χ0) is 15.9. The minimum atomic E-state index is -0.301. The van der Waals surface area contributed by atoms with Crippen molar-refractivity contribution >= 4 is 23.5 Å². The Balaban J connectivity index is 1.84. The van der Waals surface area contributed by atoms with Crippen LogP contribution in [0.15, 0.2) is 28.8 Å². The molecule has 1 heterocycles. The highest BCUT2D eigenvalue weighted by molar-refractivity contribution is 7.99. The Kier molecular flexibility index (Phi) is 5.83. The Morgan fingerprint density at radius 2 is 2.23 bits per heavy atom. The number of nitrogens with zero attached hydrogens (tertiary/aromatic N) is 2. The van der Waals surface area contributed by atoms with E-state index in [0.717, 1.165) is 11.4 Å². The lowest BCUT2D eigenvalue weighted by atomic mass is 10.2. The molecule has 0 atom stereocenters. The van der Waals surface area contributed by atoms with E-state index in [0.29, 0.717) is 17.0 Å². The molecule has 0 saturated heterocycles. The van der Waals surface area contributed by atoms with Gasteiger partial charge in [0.1, 0.15) is 0 Å². The van der Waals surface area contributed by atoms with Crippen molar-refractivity contribution in [3.63, 3.8) is 0 Å². The predicted octanol–water partition coefficient (Wildman–Crippen LogP) is 3.34. The largest absolute Gasteiger partial charge is 0.337 e. The average molecular weight is 320 g/mol. The fraction of sp³-hybridized carbons (Fsp3) is 0.400. The summed E-state index contributed by atoms with van der Waals surface area (Å²) < 4.78 is 4.93. The number of benzene rings is 1. The number of aryl methyl sites for hydroxylation is 1. The molecule has 0 radical (unpaired) electrons. The number of anilines is 1. The van der Waals surface area contributed by atoms with Gasteiger partial charge in [0.2, 0.25) is 5.89 Å². The lowest BCUT2D eigenvalue weighted by Crippen LogP contribution is -2.28. The summed E-state index contributed by atoms with van der Waals surface area (Å²) >= 11 is 1.87. The highest BCUT2D eigenvalue weighted by Crippen LogP contribution is 2.19. The van der Waals surface area contributed by atoms with Crippen molar-refractivity contribution in [2.24, 2.45) is 0 Å². The molecule has 0 spiro atoms. The highest BCUT2D eigenvalue weighted by atomic mass is 32.2. The maximum atomic E-state index is 11.9. The minimum Gasteiger partial charge on any atom is -0.337 e. The number of amides is 2. The number of carbonyl (C=O) groups is 1. The minimum absolute atomic E-state index is 0.204. The third kappa shape index (κ3) is 5.40. The van der Waals surface area contributed by atoms with Crippen LogP contribution in [-0.4, -0.2) is 21.4 Å². The van der Waals surface area contributed by atoms with Gasteiger partial charge in [-0.25, -0.2) is 4.79 Å². The van der Waals surface area contributed by atoms with Crippen molar-refractivity contribution in [1.29, 1.82) is 0 Å². The smallest absolute Gasteiger partial charge is 0.319 e. The first-order valence-electron chi connectivity index (χ1n) is 7.07. The summed E-state index contributed by atoms with van der Waals surface area (Å²) in [5, 5.41) is 9.72. The maximum Gasteiger partial charge on any atom is 0.319 e. The van der Waals surface area contributed by atoms with Crippen LogP contribution in [-0.2, 0) is 12.3 Å². The second kappa shape index (κ2) is 7.84. The number of carbonyl (C=O) groups excluding carboxylic acids is 1. The van der Waals surface area contributed by atoms with E-state index < -0.39 is 0 Å². The molecular weight excluding hydrogens is 300 g/mol. The first-order chi connectivity index (χ1) is 10.5. The molecule has 0 saturated carbocycles. The molecule has 1 aromatic heterocycles. The fourth-order valence-corrected chi connectivity index (χ4v) is 2.45. The molecule has 1 aromatic carbocycles. The van der Waals surface area contributed by atoms with E-state index in [4.69, 9.17) is 4.52 Å². The third-order valence-corrected chi connectivity index (χ3v) is 3.90. The monoisotopic (exact) mass is 320 g/mol. The van der Waals surface area contributed by atoms with Crippen molar-refractivity contribution in [3.05, 3.63) is 41.5 Å². The SMILES string of the molecule is Cc1noc(CNC(=O)Nc2cccc(CSC(C)C)c2)n1. The Hall–Kier alpha value is -2.02. The van der Waals surface area contributed by atoms with Crippen molar-refractivity contribution in [1.82, 2.24) is 15.5 Å². The van der Waals surface area contributed by atoms with Crippen LogP contribution < -0.4 is 10.6 Å². The molecule has 0 aliphatic heterocycles. The van der Waals surface area contributed by atoms with Gasteiger partial charge in [-0.05, 0) is 29.9 Å². The molecule has 6 nitrogen and oxygen atoms in total. The Morgan fingerprint density at radius 3 is 2.91 bits per heavy atom. The van der Waals surface area contributed by atoms with Crippen LogP contribution >= 0.6 is 11.8 Å². The fourth-order valence-electron chi connectivity index (χ4n) is 1.74. The van der Waals surface area contributed by atoms with Crippen molar-refractivity contribution in [2.75, 3.05) is 5.32 Å². The van der Waals surface area contributed by atoms with Gasteiger partial charge in [-0.15, -0.1) is 0 Å². The molecule has 7 heteroatoms. The van der Waals surface area contributed by atoms with Crippen molar-refractivity contribution < 1.29 is 9.32 Å². The number of thioether (sulfide) groups is 1. The van der Waals surface area contributed by atoms with Crippen LogP contribution in [0.4, 0.5) is 10.5 Å². The number of urea groups is 1. The van der Waals surface area contributed by atoms with Crippen LogP contribution in [0.1, 0.15) is 31.1 Å². The first-order valence-corrected chi connectivity index (χ1v) is 8.12. The molecule has 118 valence electrons. The first kappa shape index (κ1) is 16.4. The Morgan fingerprint density at radius 1 is 1.41 bits per heavy atom. The van der Waals surface area contributed by atoms with Gasteiger partial charge in [-0.1, -0.05) is 31.1 Å². The van der Waals surface area contributed by atoms with Gasteiger partial charge >= 0.3 is 6.03 Å². The summed E-state index contributed by atoms with van der Waals surface area (Å²) in [5.41, 5.74) is 1.95. The summed E-state index contributed by atoms with van der Waals surface area (Å²) in [6, 6.07) is 7.53. The lowest BCUT2D eigenvalue weighted by Gasteiger charge is -2.09. The quantitative estimate of drug-likeness (QED) is 0.853. The molecule has 0 unspecified atom stereocenters. The summed E-state index contributed by atoms with van der Waals surface area (Å²) in [6.45, 7) is 6.27. The second-order valence-electron chi connectivity index (χ2n) is 5.10. The van der Waals surface area contributed by atoms with Crippen LogP contribution in [0.2, 0.25) is 0 Å². The molecule has 0 bridgehead atoms. The number of hydrogen-bond acceptors (Lipinski definition) is 5. The molecule has 2 N–H and O–H groups in total. The molecule has 2 amide bonds. The number of nitrogens with one attached hydrogen (secondary N) is 2. The standard InChI is InChI=1S/C15H20N4O2S/c1-10(2)22-9-12-5-4-6-13(7-12)18-15(20)16-8-14-17-11(3)19-21-14/h4-7,10H,8-9H2,1-3H3,(H2,16,18,20). The van der Waals surface area contributed by atoms with Gasteiger partial charge in [-0.3, -0.25) is 0 Å². The van der Waals surface area contributed by atoms with Gasteiger partial charge in [0.25, 0.3) is 0 Å². The van der Waals surface area contributed by atoms with Crippen LogP contribution in [0.5, 0.6) is 0 Å². The molecule has 0 fully saturated rings. The summed E-state index contributed by atoms with van der Waals surface area (Å²) in [6.07, 6.45) is 0. The Bertz CT molecular complexity index is 628. The summed E-state index contributed by atoms with van der Waals surface area (Å²) in [5.74, 6) is 1.86. The van der Waals surface area contributed by atoms with Crippen LogP contribution in [0, 0.1) is 6.92 Å². The van der Waals surface area contributed by atoms with Gasteiger partial charge in [0.05, 0.1) is 6.54 Å². The summed E-state index contributed by atoms with van der Waals surface area (Å²) in [7, 11) is 0. The van der Waals surface area contributed by atoms with Crippen LogP contribution in [0.3, 0.4) is 0 Å². The van der Waals surface area contributed by atoms with Gasteiger partial charge in [-0.2, -0.15) is 16.7 Å². The zero-order valence-corrected chi connectivity index (χ0v) is 13.7. The van der Waals surface area contributed by atoms with Crippen molar-refractivity contribution in [2.45, 2.75) is 38.3 Å². The van der Waals surface area contributed by atoms with Gasteiger partial charge < -0.3 is 15.2 Å². The predicted molar refractivity (Wildman–Crippen MR) is 87.8 cm³/mol. The van der Waals surface area contributed by atoms with Crippen LogP contribution in [0.25, 0.3) is 0 Å². The van der Waals surface area contributed by atoms with E-state index in [1.54, 1.807) is 6.92 Å². The maximum absolute atomic E-state index is 11.9. The molecule has 2 aromatic rings. The van der Waals surface area contributed by atoms with Crippen molar-refractivity contribution in [3.8, 4) is 0 Å². The number of aromatic nitrogens is 2. The van der Waals surface area contributed by atoms with E-state index >= 15 is 0 Å². The summed E-state index contributed by atoms with van der Waals surface area (Å²) in [4.78, 5) is 15.9. The topological polar surface area (TPSA) is 80.0 Å². The van der Waals surface area contributed by atoms with E-state index in [2.05, 4.69) is 40.7 Å². The van der Waals surface area contributed by atoms with E-state index in [9.17, 15) is 4.79 Å². The average Bonchev–Trinajstić information content (AvgIpc) is 2.89. The molecule has 22 heavy (non-hydrogen) atoms. The zero-order valence-electron chi connectivity index (χ0n) is 12.9. The third-order valence-electron chi connectivity index (χ3n) is 2.74. The molecule has 2 rings (SSSR count). The molecular formula is C15H20N4O2S. The Labute approximate surface area is 134 Å². The lowest BCUT2D eigenvalue weighted by molar-refractivity contribution is 0.249. The van der Waals surface area contributed by atoms with Gasteiger partial charge in [0.15, 0.2) is 5.82 Å². The van der Waals surface area contributed by atoms with E-state index in [1.165, 1.54) is 5.56 Å². The number of rotatable bonds is 6. The normalized spacial score (nSPS) is 10.7. The van der Waals surface area contributed by atoms with E-state index in [1.807, 2.05) is 30.0 Å². The second-order valence-corrected chi connectivity index (χ2v) is 6.67.